The van der Waals surface area contributed by atoms with Gasteiger partial charge in [0.15, 0.2) is 0 Å². The maximum atomic E-state index is 5.60. The van der Waals surface area contributed by atoms with Crippen LogP contribution < -0.4 is 10.1 Å². The van der Waals surface area contributed by atoms with E-state index in [1.165, 1.54) is 31.2 Å². The molecule has 0 aliphatic heterocycles. The van der Waals surface area contributed by atoms with Crippen molar-refractivity contribution in [1.82, 2.24) is 5.32 Å². The molecule has 3 rings (SSSR count). The molecular weight excluding hydrogens is 250 g/mol. The van der Waals surface area contributed by atoms with Crippen LogP contribution in [-0.2, 0) is 4.74 Å². The van der Waals surface area contributed by atoms with Gasteiger partial charge in [-0.15, -0.1) is 0 Å². The molecule has 0 aromatic heterocycles. The van der Waals surface area contributed by atoms with Crippen LogP contribution in [0.25, 0.3) is 0 Å². The van der Waals surface area contributed by atoms with E-state index in [-0.39, 0.29) is 0 Å². The summed E-state index contributed by atoms with van der Waals surface area (Å²) >= 11 is 0. The Balaban J connectivity index is 1.41. The minimum Gasteiger partial charge on any atom is -0.497 e. The monoisotopic (exact) mass is 275 g/mol. The Labute approximate surface area is 121 Å². The smallest absolute Gasteiger partial charge is 0.119 e. The highest BCUT2D eigenvalue weighted by atomic mass is 16.5. The molecule has 0 radical (unpaired) electrons. The molecule has 0 heterocycles. The van der Waals surface area contributed by atoms with Crippen LogP contribution in [-0.4, -0.2) is 31.9 Å². The van der Waals surface area contributed by atoms with Crippen LogP contribution in [0.5, 0.6) is 5.75 Å². The first kappa shape index (κ1) is 13.9. The zero-order valence-corrected chi connectivity index (χ0v) is 12.5. The summed E-state index contributed by atoms with van der Waals surface area (Å²) in [7, 11) is 1.73. The minimum atomic E-state index is 0.506. The van der Waals surface area contributed by atoms with E-state index in [0.717, 1.165) is 12.4 Å². The molecule has 2 aliphatic rings. The van der Waals surface area contributed by atoms with Crippen LogP contribution in [0.2, 0.25) is 0 Å². The molecule has 0 unspecified atom stereocenters. The lowest BCUT2D eigenvalue weighted by Crippen LogP contribution is -2.52. The van der Waals surface area contributed by atoms with E-state index >= 15 is 0 Å². The standard InChI is InChI=1S/C17H25NO2/c1-3-20-17-10-15(11-17)18-14-7-13(8-14)12-5-4-6-16(9-12)19-2/h4-6,9,13-15,17-18H,3,7-8,10-11H2,1-2H3. The molecule has 0 saturated heterocycles. The highest BCUT2D eigenvalue weighted by Gasteiger charge is 2.36. The van der Waals surface area contributed by atoms with Gasteiger partial charge in [-0.2, -0.15) is 0 Å². The highest BCUT2D eigenvalue weighted by molar-refractivity contribution is 5.32. The minimum absolute atomic E-state index is 0.506. The van der Waals surface area contributed by atoms with E-state index in [0.29, 0.717) is 24.1 Å². The zero-order chi connectivity index (χ0) is 13.9. The van der Waals surface area contributed by atoms with E-state index in [1.54, 1.807) is 7.11 Å². The Hall–Kier alpha value is -1.06. The third-order valence-corrected chi connectivity index (χ3v) is 4.67. The first-order valence-electron chi connectivity index (χ1n) is 7.80. The third kappa shape index (κ3) is 2.99. The van der Waals surface area contributed by atoms with Crippen molar-refractivity contribution in [2.75, 3.05) is 13.7 Å². The predicted molar refractivity (Wildman–Crippen MR) is 80.3 cm³/mol. The molecule has 1 aromatic rings. The second-order valence-corrected chi connectivity index (χ2v) is 6.05. The summed E-state index contributed by atoms with van der Waals surface area (Å²) in [5.74, 6) is 1.67. The largest absolute Gasteiger partial charge is 0.497 e. The van der Waals surface area contributed by atoms with Crippen molar-refractivity contribution >= 4 is 0 Å². The van der Waals surface area contributed by atoms with Gasteiger partial charge in [0.25, 0.3) is 0 Å². The molecule has 20 heavy (non-hydrogen) atoms. The molecular formula is C17H25NO2. The summed E-state index contributed by atoms with van der Waals surface area (Å²) in [6, 6.07) is 9.88. The summed E-state index contributed by atoms with van der Waals surface area (Å²) in [6.07, 6.45) is 5.39. The van der Waals surface area contributed by atoms with Gasteiger partial charge in [-0.3, -0.25) is 0 Å². The summed E-state index contributed by atoms with van der Waals surface area (Å²) in [4.78, 5) is 0. The molecule has 0 amide bonds. The number of nitrogens with one attached hydrogen (secondary N) is 1. The van der Waals surface area contributed by atoms with Gasteiger partial charge in [0.1, 0.15) is 5.75 Å². The first-order valence-corrected chi connectivity index (χ1v) is 7.80. The van der Waals surface area contributed by atoms with Crippen LogP contribution in [0.3, 0.4) is 0 Å². The van der Waals surface area contributed by atoms with Crippen molar-refractivity contribution in [2.24, 2.45) is 0 Å². The van der Waals surface area contributed by atoms with Gasteiger partial charge in [0.2, 0.25) is 0 Å². The topological polar surface area (TPSA) is 30.5 Å². The number of hydrogen-bond acceptors (Lipinski definition) is 3. The Morgan fingerprint density at radius 3 is 2.60 bits per heavy atom. The number of hydrogen-bond donors (Lipinski definition) is 1. The Morgan fingerprint density at radius 2 is 1.90 bits per heavy atom. The van der Waals surface area contributed by atoms with Crippen LogP contribution >= 0.6 is 0 Å². The fraction of sp³-hybridized carbons (Fsp3) is 0.647. The second-order valence-electron chi connectivity index (χ2n) is 6.05. The molecule has 110 valence electrons. The summed E-state index contributed by atoms with van der Waals surface area (Å²) < 4.78 is 10.9. The van der Waals surface area contributed by atoms with Crippen molar-refractivity contribution in [3.8, 4) is 5.75 Å². The van der Waals surface area contributed by atoms with Gasteiger partial charge >= 0.3 is 0 Å². The van der Waals surface area contributed by atoms with Crippen molar-refractivity contribution in [1.29, 1.82) is 0 Å². The van der Waals surface area contributed by atoms with Crippen LogP contribution in [0.15, 0.2) is 24.3 Å². The number of ether oxygens (including phenoxy) is 2. The molecule has 3 heteroatoms. The van der Waals surface area contributed by atoms with Crippen LogP contribution in [0, 0.1) is 0 Å². The normalized spacial score (nSPS) is 32.3. The lowest BCUT2D eigenvalue weighted by atomic mass is 9.74. The van der Waals surface area contributed by atoms with Crippen molar-refractivity contribution in [3.05, 3.63) is 29.8 Å². The van der Waals surface area contributed by atoms with E-state index in [1.807, 2.05) is 6.07 Å². The Kier molecular flexibility index (Phi) is 4.27. The number of rotatable bonds is 6. The van der Waals surface area contributed by atoms with Crippen molar-refractivity contribution < 1.29 is 9.47 Å². The molecule has 2 fully saturated rings. The number of benzene rings is 1. The molecule has 3 nitrogen and oxygen atoms in total. The van der Waals surface area contributed by atoms with Gasteiger partial charge in [0, 0.05) is 18.7 Å². The number of methoxy groups -OCH3 is 1. The molecule has 0 atom stereocenters. The Bertz CT molecular complexity index is 436. The maximum Gasteiger partial charge on any atom is 0.119 e. The van der Waals surface area contributed by atoms with E-state index in [9.17, 15) is 0 Å². The fourth-order valence-electron chi connectivity index (χ4n) is 3.33. The molecule has 0 bridgehead atoms. The van der Waals surface area contributed by atoms with E-state index in [2.05, 4.69) is 30.4 Å². The first-order chi connectivity index (χ1) is 9.78. The average Bonchev–Trinajstić information content (AvgIpc) is 2.39. The van der Waals surface area contributed by atoms with Crippen molar-refractivity contribution in [2.45, 2.75) is 56.7 Å². The quantitative estimate of drug-likeness (QED) is 0.865. The maximum absolute atomic E-state index is 5.60. The van der Waals surface area contributed by atoms with Crippen molar-refractivity contribution in [3.63, 3.8) is 0 Å². The van der Waals surface area contributed by atoms with E-state index < -0.39 is 0 Å². The molecule has 2 saturated carbocycles. The second kappa shape index (κ2) is 6.15. The van der Waals surface area contributed by atoms with Gasteiger partial charge in [-0.05, 0) is 56.2 Å². The summed E-state index contributed by atoms with van der Waals surface area (Å²) in [5, 5.41) is 3.76. The summed E-state index contributed by atoms with van der Waals surface area (Å²) in [5.41, 5.74) is 1.42. The molecule has 2 aliphatic carbocycles. The van der Waals surface area contributed by atoms with E-state index in [4.69, 9.17) is 9.47 Å². The molecule has 0 spiro atoms. The zero-order valence-electron chi connectivity index (χ0n) is 12.5. The third-order valence-electron chi connectivity index (χ3n) is 4.67. The highest BCUT2D eigenvalue weighted by Crippen LogP contribution is 2.39. The SMILES string of the molecule is CCOC1CC(NC2CC(c3cccc(OC)c3)C2)C1. The van der Waals surface area contributed by atoms with Gasteiger partial charge < -0.3 is 14.8 Å². The average molecular weight is 275 g/mol. The fourth-order valence-corrected chi connectivity index (χ4v) is 3.33. The molecule has 1 aromatic carbocycles. The van der Waals surface area contributed by atoms with Gasteiger partial charge in [0.05, 0.1) is 13.2 Å². The van der Waals surface area contributed by atoms with Crippen LogP contribution in [0.1, 0.15) is 44.1 Å². The Morgan fingerprint density at radius 1 is 1.15 bits per heavy atom. The lowest BCUT2D eigenvalue weighted by Gasteiger charge is -2.43. The lowest BCUT2D eigenvalue weighted by molar-refractivity contribution is -0.0154. The molecule has 1 N–H and O–H groups in total. The predicted octanol–water partition coefficient (Wildman–Crippen LogP) is 3.10. The van der Waals surface area contributed by atoms with Crippen LogP contribution in [0.4, 0.5) is 0 Å². The summed E-state index contributed by atoms with van der Waals surface area (Å²) in [6.45, 7) is 2.92. The van der Waals surface area contributed by atoms with Gasteiger partial charge in [-0.25, -0.2) is 0 Å². The van der Waals surface area contributed by atoms with Gasteiger partial charge in [-0.1, -0.05) is 12.1 Å².